The second-order valence-corrected chi connectivity index (χ2v) is 8.73. The van der Waals surface area contributed by atoms with E-state index in [1.165, 1.54) is 28.7 Å². The van der Waals surface area contributed by atoms with E-state index in [0.717, 1.165) is 30.3 Å². The van der Waals surface area contributed by atoms with Gasteiger partial charge in [0.25, 0.3) is 5.91 Å². The summed E-state index contributed by atoms with van der Waals surface area (Å²) >= 11 is 0. The Balaban J connectivity index is 1.51. The van der Waals surface area contributed by atoms with E-state index in [1.54, 1.807) is 6.21 Å². The Morgan fingerprint density at radius 2 is 1.88 bits per heavy atom. The number of benzene rings is 2. The van der Waals surface area contributed by atoms with Crippen molar-refractivity contribution in [3.8, 4) is 0 Å². The minimum absolute atomic E-state index is 0.225. The smallest absolute Gasteiger partial charge is 0.257 e. The molecule has 0 radical (unpaired) electrons. The van der Waals surface area contributed by atoms with Gasteiger partial charge in [0.1, 0.15) is 16.9 Å². The van der Waals surface area contributed by atoms with Crippen LogP contribution in [0.5, 0.6) is 0 Å². The lowest BCUT2D eigenvalue weighted by atomic mass is 9.97. The van der Waals surface area contributed by atoms with Crippen molar-refractivity contribution in [2.24, 2.45) is 5.10 Å². The molecule has 0 unspecified atom stereocenters. The van der Waals surface area contributed by atoms with E-state index >= 15 is 0 Å². The molecule has 0 saturated carbocycles. The Kier molecular flexibility index (Phi) is 6.08. The van der Waals surface area contributed by atoms with Crippen LogP contribution in [0.2, 0.25) is 0 Å². The molecule has 5 rings (SSSR count). The van der Waals surface area contributed by atoms with E-state index in [9.17, 15) is 4.79 Å². The molecule has 4 aromatic rings. The summed E-state index contributed by atoms with van der Waals surface area (Å²) < 4.78 is 1.51. The summed E-state index contributed by atoms with van der Waals surface area (Å²) in [5, 5.41) is 7.60. The number of nitrogens with two attached hydrogens (primary N) is 1. The topological polar surface area (TPSA) is 98.2 Å². The number of nitrogen functional groups attached to an aromatic ring is 1. The van der Waals surface area contributed by atoms with E-state index in [1.807, 2.05) is 55.5 Å². The third kappa shape index (κ3) is 4.41. The summed E-state index contributed by atoms with van der Waals surface area (Å²) in [4.78, 5) is 22.7. The lowest BCUT2D eigenvalue weighted by Crippen LogP contribution is -2.25. The first-order chi connectivity index (χ1) is 16.6. The second kappa shape index (κ2) is 9.47. The van der Waals surface area contributed by atoms with Crippen LogP contribution < -0.4 is 11.1 Å². The maximum absolute atomic E-state index is 13.2. The molecular weight excluding hydrogens is 424 g/mol. The largest absolute Gasteiger partial charge is 0.383 e. The predicted molar refractivity (Wildman–Crippen MR) is 137 cm³/mol. The molecule has 2 aromatic carbocycles. The van der Waals surface area contributed by atoms with Gasteiger partial charge in [-0.2, -0.15) is 9.78 Å². The molecule has 0 saturated heterocycles. The maximum atomic E-state index is 13.2. The van der Waals surface area contributed by atoms with Crippen LogP contribution in [0.25, 0.3) is 22.2 Å². The Bertz CT molecular complexity index is 1410. The molecule has 2 heterocycles. The zero-order valence-corrected chi connectivity index (χ0v) is 19.3. The summed E-state index contributed by atoms with van der Waals surface area (Å²) in [6, 6.07) is 15.6. The minimum atomic E-state index is -0.257. The van der Waals surface area contributed by atoms with Crippen LogP contribution in [-0.2, 0) is 0 Å². The molecule has 1 aliphatic rings. The molecule has 3 N–H and O–H groups in total. The molecule has 172 valence electrons. The van der Waals surface area contributed by atoms with Crippen LogP contribution in [0.1, 0.15) is 53.6 Å². The number of fused-ring (bicyclic) bond motifs is 2. The second-order valence-electron chi connectivity index (χ2n) is 8.73. The number of carbonyl (C=O) groups excluding carboxylic acids is 1. The fraction of sp³-hybridized carbons (Fsp3) is 0.259. The molecule has 0 spiro atoms. The Labute approximate surface area is 198 Å². The third-order valence-electron chi connectivity index (χ3n) is 6.22. The molecule has 0 atom stereocenters. The molecule has 0 aliphatic heterocycles. The number of hydrogen-bond donors (Lipinski definition) is 2. The van der Waals surface area contributed by atoms with Crippen LogP contribution in [-0.4, -0.2) is 33.3 Å². The molecule has 0 fully saturated rings. The lowest BCUT2D eigenvalue weighted by molar-refractivity contribution is 0.0956. The van der Waals surface area contributed by atoms with Crippen molar-refractivity contribution in [1.82, 2.24) is 20.0 Å². The van der Waals surface area contributed by atoms with Crippen LogP contribution in [0.15, 0.2) is 65.3 Å². The standard InChI is InChI=1S/C27H28N6O/c1-18-11-13-20(14-12-18)17-30-33-25(28)23(27(34)29-16-15-19-7-3-2-4-8-19)24-26(33)32-22-10-6-5-9-21(22)31-24/h5-7,9-14,17H,2-4,8,15-16,28H2,1H3,(H,29,34)/b30-17-. The summed E-state index contributed by atoms with van der Waals surface area (Å²) in [6.45, 7) is 2.60. The number of nitrogens with one attached hydrogen (secondary N) is 1. The fourth-order valence-corrected chi connectivity index (χ4v) is 4.32. The van der Waals surface area contributed by atoms with E-state index in [0.29, 0.717) is 28.8 Å². The molecule has 2 aromatic heterocycles. The first-order valence-electron chi connectivity index (χ1n) is 11.7. The molecule has 1 amide bonds. The highest BCUT2D eigenvalue weighted by atomic mass is 16.1. The molecular formula is C27H28N6O. The number of para-hydroxylation sites is 2. The van der Waals surface area contributed by atoms with Gasteiger partial charge in [-0.1, -0.05) is 53.6 Å². The highest BCUT2D eigenvalue weighted by Gasteiger charge is 2.24. The first kappa shape index (κ1) is 21.8. The minimum Gasteiger partial charge on any atom is -0.383 e. The number of aryl methyl sites for hydroxylation is 1. The predicted octanol–water partition coefficient (Wildman–Crippen LogP) is 4.98. The van der Waals surface area contributed by atoms with Gasteiger partial charge in [0.15, 0.2) is 5.65 Å². The highest BCUT2D eigenvalue weighted by molar-refractivity contribution is 6.10. The zero-order chi connectivity index (χ0) is 23.5. The summed E-state index contributed by atoms with van der Waals surface area (Å²) in [5.41, 5.74) is 12.6. The molecule has 7 heteroatoms. The number of allylic oxidation sites excluding steroid dienone is 1. The first-order valence-corrected chi connectivity index (χ1v) is 11.7. The number of nitrogens with zero attached hydrogens (tertiary/aromatic N) is 4. The van der Waals surface area contributed by atoms with Crippen molar-refractivity contribution in [3.63, 3.8) is 0 Å². The number of aromatic nitrogens is 3. The fourth-order valence-electron chi connectivity index (χ4n) is 4.32. The number of anilines is 1. The maximum Gasteiger partial charge on any atom is 0.257 e. The van der Waals surface area contributed by atoms with Gasteiger partial charge < -0.3 is 11.1 Å². The van der Waals surface area contributed by atoms with Crippen molar-refractivity contribution in [2.75, 3.05) is 12.3 Å². The highest BCUT2D eigenvalue weighted by Crippen LogP contribution is 2.28. The summed E-state index contributed by atoms with van der Waals surface area (Å²) in [7, 11) is 0. The summed E-state index contributed by atoms with van der Waals surface area (Å²) in [6.07, 6.45) is 9.58. The SMILES string of the molecule is Cc1ccc(/C=N\n2c(N)c(C(=O)NCCC3=CCCCC3)c3nc4ccccc4nc32)cc1. The van der Waals surface area contributed by atoms with Crippen LogP contribution in [0.4, 0.5) is 5.82 Å². The van der Waals surface area contributed by atoms with Crippen molar-refractivity contribution in [3.05, 3.63) is 76.9 Å². The number of carbonyl (C=O) groups is 1. The van der Waals surface area contributed by atoms with E-state index in [-0.39, 0.29) is 11.7 Å². The normalized spacial score (nSPS) is 14.1. The third-order valence-corrected chi connectivity index (χ3v) is 6.22. The van der Waals surface area contributed by atoms with E-state index in [2.05, 4.69) is 16.5 Å². The van der Waals surface area contributed by atoms with Gasteiger partial charge in [0, 0.05) is 6.54 Å². The van der Waals surface area contributed by atoms with Crippen molar-refractivity contribution < 1.29 is 4.79 Å². The lowest BCUT2D eigenvalue weighted by Gasteiger charge is -2.12. The Hall–Kier alpha value is -4.00. The van der Waals surface area contributed by atoms with E-state index < -0.39 is 0 Å². The van der Waals surface area contributed by atoms with Crippen LogP contribution in [0, 0.1) is 6.92 Å². The average molecular weight is 453 g/mol. The van der Waals surface area contributed by atoms with Gasteiger partial charge >= 0.3 is 0 Å². The Morgan fingerprint density at radius 3 is 2.62 bits per heavy atom. The van der Waals surface area contributed by atoms with Crippen LogP contribution in [0.3, 0.4) is 0 Å². The molecule has 34 heavy (non-hydrogen) atoms. The van der Waals surface area contributed by atoms with Crippen LogP contribution >= 0.6 is 0 Å². The number of amides is 1. The van der Waals surface area contributed by atoms with Gasteiger partial charge in [0.05, 0.1) is 17.2 Å². The van der Waals surface area contributed by atoms with Crippen molar-refractivity contribution in [1.29, 1.82) is 0 Å². The molecule has 0 bridgehead atoms. The van der Waals surface area contributed by atoms with Gasteiger partial charge in [-0.05, 0) is 56.7 Å². The number of hydrogen-bond acceptors (Lipinski definition) is 5. The molecule has 7 nitrogen and oxygen atoms in total. The van der Waals surface area contributed by atoms with Gasteiger partial charge in [-0.3, -0.25) is 4.79 Å². The average Bonchev–Trinajstić information content (AvgIpc) is 3.13. The van der Waals surface area contributed by atoms with Crippen molar-refractivity contribution >= 4 is 40.1 Å². The van der Waals surface area contributed by atoms with Crippen molar-refractivity contribution in [2.45, 2.75) is 39.0 Å². The van der Waals surface area contributed by atoms with E-state index in [4.69, 9.17) is 15.7 Å². The quantitative estimate of drug-likeness (QED) is 0.318. The number of rotatable bonds is 6. The van der Waals surface area contributed by atoms with Gasteiger partial charge in [0.2, 0.25) is 0 Å². The molecule has 1 aliphatic carbocycles. The van der Waals surface area contributed by atoms with Gasteiger partial charge in [-0.15, -0.1) is 0 Å². The summed E-state index contributed by atoms with van der Waals surface area (Å²) in [5.74, 6) is -0.0316. The monoisotopic (exact) mass is 452 g/mol. The van der Waals surface area contributed by atoms with Gasteiger partial charge in [-0.25, -0.2) is 9.97 Å². The zero-order valence-electron chi connectivity index (χ0n) is 19.3. The Morgan fingerprint density at radius 1 is 1.12 bits per heavy atom.